The molecule has 1 rings (SSSR count). The molecule has 1 fully saturated rings. The van der Waals surface area contributed by atoms with Gasteiger partial charge in [-0.25, -0.2) is 0 Å². The monoisotopic (exact) mass is 239 g/mol. The molecule has 0 aromatic carbocycles. The fourth-order valence-corrected chi connectivity index (χ4v) is 3.38. The molecule has 0 saturated heterocycles. The summed E-state index contributed by atoms with van der Waals surface area (Å²) in [5, 5.41) is 3.65. The third-order valence-electron chi connectivity index (χ3n) is 4.58. The van der Waals surface area contributed by atoms with Gasteiger partial charge in [0, 0.05) is 6.04 Å². The molecule has 1 saturated carbocycles. The van der Waals surface area contributed by atoms with Crippen molar-refractivity contribution in [1.82, 2.24) is 5.32 Å². The molecule has 1 N–H and O–H groups in total. The molecular weight excluding hydrogens is 206 g/mol. The van der Waals surface area contributed by atoms with E-state index in [0.717, 1.165) is 17.8 Å². The van der Waals surface area contributed by atoms with E-state index >= 15 is 0 Å². The van der Waals surface area contributed by atoms with Crippen molar-refractivity contribution in [2.24, 2.45) is 23.2 Å². The van der Waals surface area contributed by atoms with Gasteiger partial charge in [-0.15, -0.1) is 0 Å². The van der Waals surface area contributed by atoms with Crippen molar-refractivity contribution in [3.8, 4) is 0 Å². The van der Waals surface area contributed by atoms with E-state index in [1.54, 1.807) is 0 Å². The van der Waals surface area contributed by atoms with E-state index in [4.69, 9.17) is 0 Å². The van der Waals surface area contributed by atoms with Crippen molar-refractivity contribution in [2.75, 3.05) is 6.54 Å². The first-order valence-electron chi connectivity index (χ1n) is 7.58. The van der Waals surface area contributed by atoms with Crippen LogP contribution in [0.25, 0.3) is 0 Å². The minimum Gasteiger partial charge on any atom is -0.314 e. The maximum atomic E-state index is 3.65. The molecule has 3 atom stereocenters. The molecule has 0 aromatic heterocycles. The first-order valence-corrected chi connectivity index (χ1v) is 7.58. The highest BCUT2D eigenvalue weighted by atomic mass is 14.9. The van der Waals surface area contributed by atoms with Crippen LogP contribution in [0.15, 0.2) is 0 Å². The Balaban J connectivity index is 2.61. The Morgan fingerprint density at radius 3 is 2.29 bits per heavy atom. The van der Waals surface area contributed by atoms with Gasteiger partial charge in [-0.2, -0.15) is 0 Å². The van der Waals surface area contributed by atoms with Gasteiger partial charge in [0.15, 0.2) is 0 Å². The molecule has 102 valence electrons. The predicted molar refractivity (Wildman–Crippen MR) is 77.2 cm³/mol. The molecule has 17 heavy (non-hydrogen) atoms. The average Bonchev–Trinajstić information content (AvgIpc) is 2.24. The van der Waals surface area contributed by atoms with Gasteiger partial charge < -0.3 is 5.32 Å². The molecule has 1 aliphatic carbocycles. The predicted octanol–water partition coefficient (Wildman–Crippen LogP) is 4.47. The molecule has 3 unspecified atom stereocenters. The smallest absolute Gasteiger partial charge is 0.00104 e. The zero-order valence-corrected chi connectivity index (χ0v) is 12.8. The maximum absolute atomic E-state index is 3.65. The molecule has 0 heterocycles. The Morgan fingerprint density at radius 1 is 1.18 bits per heavy atom. The fourth-order valence-electron chi connectivity index (χ4n) is 3.38. The topological polar surface area (TPSA) is 12.0 Å². The van der Waals surface area contributed by atoms with Gasteiger partial charge >= 0.3 is 0 Å². The summed E-state index contributed by atoms with van der Waals surface area (Å²) < 4.78 is 0. The quantitative estimate of drug-likeness (QED) is 0.763. The lowest BCUT2D eigenvalue weighted by Crippen LogP contribution is -2.40. The highest BCUT2D eigenvalue weighted by Gasteiger charge is 2.36. The molecule has 0 spiro atoms. The molecule has 1 heteroatoms. The number of nitrogens with one attached hydrogen (secondary N) is 1. The van der Waals surface area contributed by atoms with E-state index in [1.807, 2.05) is 0 Å². The van der Waals surface area contributed by atoms with Crippen molar-refractivity contribution in [3.05, 3.63) is 0 Å². The highest BCUT2D eigenvalue weighted by Crippen LogP contribution is 2.44. The number of hydrogen-bond acceptors (Lipinski definition) is 1. The molecule has 1 aliphatic rings. The molecule has 1 nitrogen and oxygen atoms in total. The van der Waals surface area contributed by atoms with Crippen LogP contribution in [0.5, 0.6) is 0 Å². The third-order valence-corrected chi connectivity index (χ3v) is 4.58. The van der Waals surface area contributed by atoms with Crippen molar-refractivity contribution in [2.45, 2.75) is 73.3 Å². The van der Waals surface area contributed by atoms with Crippen LogP contribution in [0.1, 0.15) is 67.2 Å². The summed E-state index contributed by atoms with van der Waals surface area (Å²) in [5.74, 6) is 2.77. The number of hydrogen-bond donors (Lipinski definition) is 1. The highest BCUT2D eigenvalue weighted by molar-refractivity contribution is 4.88. The summed E-state index contributed by atoms with van der Waals surface area (Å²) in [6.45, 7) is 15.4. The molecule has 0 radical (unpaired) electrons. The van der Waals surface area contributed by atoms with Crippen LogP contribution in [0.4, 0.5) is 0 Å². The number of rotatable bonds is 4. The lowest BCUT2D eigenvalue weighted by atomic mass is 9.63. The summed E-state index contributed by atoms with van der Waals surface area (Å²) in [6.07, 6.45) is 5.70. The maximum Gasteiger partial charge on any atom is 0.00104 e. The summed E-state index contributed by atoms with van der Waals surface area (Å²) in [5.41, 5.74) is 0.469. The van der Waals surface area contributed by atoms with Gasteiger partial charge in [0.25, 0.3) is 0 Å². The standard InChI is InChI=1S/C16H33N/c1-7-13-8-9-14(11-17-12(2)3)15(10-13)16(4,5)6/h12-15,17H,7-11H2,1-6H3. The second-order valence-electron chi connectivity index (χ2n) is 7.38. The van der Waals surface area contributed by atoms with Crippen LogP contribution in [0.2, 0.25) is 0 Å². The van der Waals surface area contributed by atoms with E-state index in [-0.39, 0.29) is 0 Å². The molecule has 0 bridgehead atoms. The lowest BCUT2D eigenvalue weighted by molar-refractivity contribution is 0.0731. The van der Waals surface area contributed by atoms with Crippen LogP contribution in [0.3, 0.4) is 0 Å². The first kappa shape index (κ1) is 15.0. The Bertz CT molecular complexity index is 214. The van der Waals surface area contributed by atoms with E-state index in [0.29, 0.717) is 11.5 Å². The fraction of sp³-hybridized carbons (Fsp3) is 1.00. The Hall–Kier alpha value is -0.0400. The van der Waals surface area contributed by atoms with Gasteiger partial charge in [0.05, 0.1) is 0 Å². The van der Waals surface area contributed by atoms with Crippen molar-refractivity contribution < 1.29 is 0 Å². The van der Waals surface area contributed by atoms with Crippen LogP contribution in [-0.4, -0.2) is 12.6 Å². The summed E-state index contributed by atoms with van der Waals surface area (Å²) in [6, 6.07) is 0.625. The van der Waals surface area contributed by atoms with Gasteiger partial charge in [-0.3, -0.25) is 0 Å². The van der Waals surface area contributed by atoms with Crippen molar-refractivity contribution >= 4 is 0 Å². The second-order valence-corrected chi connectivity index (χ2v) is 7.38. The molecule has 0 aliphatic heterocycles. The third kappa shape index (κ3) is 4.62. The zero-order chi connectivity index (χ0) is 13.1. The van der Waals surface area contributed by atoms with Gasteiger partial charge in [-0.1, -0.05) is 54.4 Å². The molecular formula is C16H33N. The van der Waals surface area contributed by atoms with Gasteiger partial charge in [0.1, 0.15) is 0 Å². The van der Waals surface area contributed by atoms with Crippen LogP contribution in [-0.2, 0) is 0 Å². The van der Waals surface area contributed by atoms with Crippen molar-refractivity contribution in [3.63, 3.8) is 0 Å². The minimum atomic E-state index is 0.469. The van der Waals surface area contributed by atoms with E-state index in [1.165, 1.54) is 32.2 Å². The van der Waals surface area contributed by atoms with Gasteiger partial charge in [-0.05, 0) is 42.6 Å². The molecule has 0 aromatic rings. The average molecular weight is 239 g/mol. The second kappa shape index (κ2) is 6.22. The molecule has 0 amide bonds. The van der Waals surface area contributed by atoms with Crippen LogP contribution >= 0.6 is 0 Å². The van der Waals surface area contributed by atoms with E-state index in [9.17, 15) is 0 Å². The summed E-state index contributed by atoms with van der Waals surface area (Å²) in [7, 11) is 0. The Kier molecular flexibility index (Phi) is 5.50. The van der Waals surface area contributed by atoms with Crippen LogP contribution < -0.4 is 5.32 Å². The SMILES string of the molecule is CCC1CCC(CNC(C)C)C(C(C)(C)C)C1. The normalized spacial score (nSPS) is 30.9. The Morgan fingerprint density at radius 2 is 1.82 bits per heavy atom. The Labute approximate surface area is 109 Å². The first-order chi connectivity index (χ1) is 7.84. The van der Waals surface area contributed by atoms with E-state index < -0.39 is 0 Å². The van der Waals surface area contributed by atoms with E-state index in [2.05, 4.69) is 46.9 Å². The largest absolute Gasteiger partial charge is 0.314 e. The lowest BCUT2D eigenvalue weighted by Gasteiger charge is -2.44. The minimum absolute atomic E-state index is 0.469. The van der Waals surface area contributed by atoms with Crippen LogP contribution in [0, 0.1) is 23.2 Å². The summed E-state index contributed by atoms with van der Waals surface area (Å²) >= 11 is 0. The van der Waals surface area contributed by atoms with Crippen molar-refractivity contribution in [1.29, 1.82) is 0 Å². The van der Waals surface area contributed by atoms with Gasteiger partial charge in [0.2, 0.25) is 0 Å². The summed E-state index contributed by atoms with van der Waals surface area (Å²) in [4.78, 5) is 0. The zero-order valence-electron chi connectivity index (χ0n) is 12.8.